The molecule has 1 atom stereocenters. The minimum absolute atomic E-state index is 0.00242. The van der Waals surface area contributed by atoms with E-state index in [0.717, 1.165) is 42.5 Å². The van der Waals surface area contributed by atoms with Crippen LogP contribution in [0.25, 0.3) is 0 Å². The van der Waals surface area contributed by atoms with Gasteiger partial charge in [-0.25, -0.2) is 4.39 Å². The maximum atomic E-state index is 14.3. The molecular weight excluding hydrogens is 467 g/mol. The molecule has 0 saturated heterocycles. The summed E-state index contributed by atoms with van der Waals surface area (Å²) in [6.07, 6.45) is 7.58. The van der Waals surface area contributed by atoms with Gasteiger partial charge in [0.25, 0.3) is 0 Å². The van der Waals surface area contributed by atoms with Crippen LogP contribution >= 0.6 is 0 Å². The first-order valence-electron chi connectivity index (χ1n) is 13.1. The van der Waals surface area contributed by atoms with Crippen molar-refractivity contribution in [2.45, 2.75) is 57.5 Å². The summed E-state index contributed by atoms with van der Waals surface area (Å²) in [5, 5.41) is 6.38. The van der Waals surface area contributed by atoms with E-state index in [1.807, 2.05) is 49.4 Å². The fraction of sp³-hybridized carbons (Fsp3) is 0.367. The van der Waals surface area contributed by atoms with Crippen LogP contribution in [0.1, 0.15) is 55.0 Å². The van der Waals surface area contributed by atoms with E-state index in [2.05, 4.69) is 15.6 Å². The molecule has 1 saturated carbocycles. The van der Waals surface area contributed by atoms with E-state index >= 15 is 0 Å². The lowest BCUT2D eigenvalue weighted by molar-refractivity contribution is -0.127. The molecule has 0 aliphatic heterocycles. The van der Waals surface area contributed by atoms with Crippen molar-refractivity contribution in [2.75, 3.05) is 18.0 Å². The molecule has 1 aromatic heterocycles. The molecular formula is C30H35FN4O2. The molecule has 3 aromatic rings. The second-order valence-electron chi connectivity index (χ2n) is 9.59. The number of halogens is 1. The Hall–Kier alpha value is -3.58. The molecule has 0 spiro atoms. The third-order valence-corrected chi connectivity index (χ3v) is 6.86. The van der Waals surface area contributed by atoms with Crippen LogP contribution in [-0.2, 0) is 16.0 Å². The third-order valence-electron chi connectivity index (χ3n) is 6.86. The number of anilines is 1. The van der Waals surface area contributed by atoms with Crippen molar-refractivity contribution in [1.29, 1.82) is 0 Å². The number of carbonyl (C=O) groups excluding carboxylic acids is 2. The van der Waals surface area contributed by atoms with Crippen LogP contribution in [0.4, 0.5) is 10.1 Å². The van der Waals surface area contributed by atoms with Gasteiger partial charge in [0, 0.05) is 36.6 Å². The number of rotatable bonds is 10. The summed E-state index contributed by atoms with van der Waals surface area (Å²) in [5.74, 6) is -1.01. The van der Waals surface area contributed by atoms with E-state index in [-0.39, 0.29) is 24.4 Å². The molecule has 1 unspecified atom stereocenters. The largest absolute Gasteiger partial charge is 0.351 e. The molecule has 6 nitrogen and oxygen atoms in total. The van der Waals surface area contributed by atoms with E-state index in [1.165, 1.54) is 23.5 Å². The normalized spacial score (nSPS) is 14.6. The van der Waals surface area contributed by atoms with Crippen molar-refractivity contribution in [3.05, 3.63) is 95.6 Å². The SMILES string of the molecule is Cc1ccccc1C(C(=O)NC1CCCCC1)N(C(=O)CNCCc1ccccn1)c1cccc(F)c1. The fourth-order valence-corrected chi connectivity index (χ4v) is 4.92. The minimum atomic E-state index is -0.921. The highest BCUT2D eigenvalue weighted by Gasteiger charge is 2.34. The van der Waals surface area contributed by atoms with Crippen molar-refractivity contribution < 1.29 is 14.0 Å². The van der Waals surface area contributed by atoms with Crippen LogP contribution in [0.2, 0.25) is 0 Å². The average molecular weight is 503 g/mol. The van der Waals surface area contributed by atoms with Crippen LogP contribution in [0.15, 0.2) is 72.9 Å². The summed E-state index contributed by atoms with van der Waals surface area (Å²) in [7, 11) is 0. The number of aromatic nitrogens is 1. The number of hydrogen-bond donors (Lipinski definition) is 2. The van der Waals surface area contributed by atoms with E-state index in [4.69, 9.17) is 0 Å². The van der Waals surface area contributed by atoms with Crippen molar-refractivity contribution in [3.8, 4) is 0 Å². The molecule has 4 rings (SSSR count). The smallest absolute Gasteiger partial charge is 0.248 e. The number of benzene rings is 2. The predicted octanol–water partition coefficient (Wildman–Crippen LogP) is 4.88. The molecule has 0 bridgehead atoms. The summed E-state index contributed by atoms with van der Waals surface area (Å²) in [4.78, 5) is 33.3. The zero-order valence-corrected chi connectivity index (χ0v) is 21.3. The molecule has 0 radical (unpaired) electrons. The maximum Gasteiger partial charge on any atom is 0.248 e. The van der Waals surface area contributed by atoms with E-state index in [9.17, 15) is 14.0 Å². The van der Waals surface area contributed by atoms with Gasteiger partial charge in [-0.3, -0.25) is 19.5 Å². The molecule has 2 amide bonds. The van der Waals surface area contributed by atoms with E-state index < -0.39 is 11.9 Å². The quantitative estimate of drug-likeness (QED) is 0.388. The Morgan fingerprint density at radius 2 is 1.81 bits per heavy atom. The highest BCUT2D eigenvalue weighted by molar-refractivity contribution is 6.02. The van der Waals surface area contributed by atoms with Gasteiger partial charge in [0.15, 0.2) is 0 Å². The Bertz CT molecular complexity index is 1180. The van der Waals surface area contributed by atoms with Crippen molar-refractivity contribution >= 4 is 17.5 Å². The number of amides is 2. The Labute approximate surface area is 218 Å². The molecule has 2 aromatic carbocycles. The van der Waals surface area contributed by atoms with Crippen molar-refractivity contribution in [2.24, 2.45) is 0 Å². The van der Waals surface area contributed by atoms with Gasteiger partial charge in [-0.1, -0.05) is 55.7 Å². The summed E-state index contributed by atoms with van der Waals surface area (Å²) < 4.78 is 14.3. The lowest BCUT2D eigenvalue weighted by Crippen LogP contribution is -2.49. The van der Waals surface area contributed by atoms with Gasteiger partial charge < -0.3 is 10.6 Å². The number of aryl methyl sites for hydroxylation is 1. The zero-order valence-electron chi connectivity index (χ0n) is 21.3. The number of nitrogens with zero attached hydrogens (tertiary/aromatic N) is 2. The summed E-state index contributed by atoms with van der Waals surface area (Å²) in [6.45, 7) is 2.47. The second kappa shape index (κ2) is 13.1. The Morgan fingerprint density at radius 3 is 2.54 bits per heavy atom. The minimum Gasteiger partial charge on any atom is -0.351 e. The highest BCUT2D eigenvalue weighted by atomic mass is 19.1. The number of carbonyl (C=O) groups is 2. The molecule has 194 valence electrons. The average Bonchev–Trinajstić information content (AvgIpc) is 2.91. The summed E-state index contributed by atoms with van der Waals surface area (Å²) >= 11 is 0. The number of pyridine rings is 1. The fourth-order valence-electron chi connectivity index (χ4n) is 4.92. The molecule has 7 heteroatoms. The summed E-state index contributed by atoms with van der Waals surface area (Å²) in [5.41, 5.74) is 2.89. The predicted molar refractivity (Wildman–Crippen MR) is 144 cm³/mol. The molecule has 1 aliphatic carbocycles. The maximum absolute atomic E-state index is 14.3. The monoisotopic (exact) mass is 502 g/mol. The molecule has 37 heavy (non-hydrogen) atoms. The van der Waals surface area contributed by atoms with Crippen LogP contribution in [0.5, 0.6) is 0 Å². The topological polar surface area (TPSA) is 74.3 Å². The van der Waals surface area contributed by atoms with Crippen molar-refractivity contribution in [3.63, 3.8) is 0 Å². The Balaban J connectivity index is 1.61. The number of nitrogens with one attached hydrogen (secondary N) is 2. The lowest BCUT2D eigenvalue weighted by Gasteiger charge is -2.34. The Morgan fingerprint density at radius 1 is 1.03 bits per heavy atom. The van der Waals surface area contributed by atoms with Gasteiger partial charge >= 0.3 is 0 Å². The van der Waals surface area contributed by atoms with Gasteiger partial charge in [0.1, 0.15) is 11.9 Å². The lowest BCUT2D eigenvalue weighted by atomic mass is 9.93. The summed E-state index contributed by atoms with van der Waals surface area (Å²) in [6, 6.07) is 18.3. The molecule has 1 aliphatic rings. The van der Waals surface area contributed by atoms with Gasteiger partial charge in [0.05, 0.1) is 6.54 Å². The van der Waals surface area contributed by atoms with E-state index in [1.54, 1.807) is 18.3 Å². The molecule has 1 fully saturated rings. The zero-order chi connectivity index (χ0) is 26.0. The first-order chi connectivity index (χ1) is 18.0. The van der Waals surface area contributed by atoms with Crippen LogP contribution in [0.3, 0.4) is 0 Å². The molecule has 1 heterocycles. The highest BCUT2D eigenvalue weighted by Crippen LogP contribution is 2.31. The third kappa shape index (κ3) is 7.23. The van der Waals surface area contributed by atoms with Crippen LogP contribution < -0.4 is 15.5 Å². The molecule has 2 N–H and O–H groups in total. The van der Waals surface area contributed by atoms with Crippen molar-refractivity contribution in [1.82, 2.24) is 15.6 Å². The van der Waals surface area contributed by atoms with Gasteiger partial charge in [-0.05, 0) is 61.2 Å². The van der Waals surface area contributed by atoms with Crippen LogP contribution in [0, 0.1) is 12.7 Å². The standard InChI is InChI=1S/C30H35FN4O2/c1-22-10-5-6-16-27(22)29(30(37)34-25-13-3-2-4-14-25)35(26-15-9-11-23(31)20-26)28(36)21-32-19-17-24-12-7-8-18-33-24/h5-12,15-16,18,20,25,29,32H,2-4,13-14,17,19,21H2,1H3,(H,34,37). The van der Waals surface area contributed by atoms with E-state index in [0.29, 0.717) is 18.7 Å². The second-order valence-corrected chi connectivity index (χ2v) is 9.59. The van der Waals surface area contributed by atoms with Gasteiger partial charge in [-0.15, -0.1) is 0 Å². The Kier molecular flexibility index (Phi) is 9.38. The van der Waals surface area contributed by atoms with Crippen LogP contribution in [-0.4, -0.2) is 35.9 Å². The number of hydrogen-bond acceptors (Lipinski definition) is 4. The van der Waals surface area contributed by atoms with Gasteiger partial charge in [0.2, 0.25) is 11.8 Å². The first-order valence-corrected chi connectivity index (χ1v) is 13.1. The first kappa shape index (κ1) is 26.5. The van der Waals surface area contributed by atoms with Gasteiger partial charge in [-0.2, -0.15) is 0 Å².